The Hall–Kier alpha value is -1.69. The Bertz CT molecular complexity index is 760. The summed E-state index contributed by atoms with van der Waals surface area (Å²) in [7, 11) is 0. The van der Waals surface area contributed by atoms with Crippen molar-refractivity contribution in [3.8, 4) is 0 Å². The van der Waals surface area contributed by atoms with E-state index >= 15 is 0 Å². The lowest BCUT2D eigenvalue weighted by atomic mass is 10.0. The quantitative estimate of drug-likeness (QED) is 0.0414. The highest BCUT2D eigenvalue weighted by Crippen LogP contribution is 2.14. The minimum atomic E-state index is -1.11. The summed E-state index contributed by atoms with van der Waals surface area (Å²) in [5.41, 5.74) is 0. The summed E-state index contributed by atoms with van der Waals surface area (Å²) in [6.07, 6.45) is 45.9. The molecule has 5 heteroatoms. The van der Waals surface area contributed by atoms with Gasteiger partial charge in [-0.05, 0) is 64.7 Å². The molecule has 0 aliphatic carbocycles. The number of carbonyl (C=O) groups excluding carboxylic acids is 1. The minimum absolute atomic E-state index is 0.385. The van der Waals surface area contributed by atoms with E-state index in [0.29, 0.717) is 6.42 Å². The fraction of sp³-hybridized carbons (Fsp3) is 0.780. The van der Waals surface area contributed by atoms with Gasteiger partial charge in [-0.3, -0.25) is 4.79 Å². The van der Waals surface area contributed by atoms with E-state index in [9.17, 15) is 20.1 Å². The van der Waals surface area contributed by atoms with Crippen molar-refractivity contribution in [1.82, 2.24) is 5.32 Å². The first kappa shape index (κ1) is 44.3. The number of aliphatic hydroxyl groups is 3. The van der Waals surface area contributed by atoms with Crippen LogP contribution in [0.15, 0.2) is 48.6 Å². The van der Waals surface area contributed by atoms with Crippen molar-refractivity contribution in [3.63, 3.8) is 0 Å². The molecule has 0 aromatic carbocycles. The Morgan fingerprint density at radius 1 is 0.565 bits per heavy atom. The third kappa shape index (κ3) is 30.9. The number of unbranched alkanes of at least 4 members (excludes halogenated alkanes) is 21. The first-order valence-electron chi connectivity index (χ1n) is 19.4. The summed E-state index contributed by atoms with van der Waals surface area (Å²) < 4.78 is 0. The zero-order chi connectivity index (χ0) is 33.8. The summed E-state index contributed by atoms with van der Waals surface area (Å²) in [6, 6.07) is -0.820. The molecule has 4 N–H and O–H groups in total. The smallest absolute Gasteiger partial charge is 0.249 e. The maximum absolute atomic E-state index is 12.4. The van der Waals surface area contributed by atoms with Crippen LogP contribution in [0.3, 0.4) is 0 Å². The van der Waals surface area contributed by atoms with Gasteiger partial charge in [0, 0.05) is 0 Å². The summed E-state index contributed by atoms with van der Waals surface area (Å²) in [5, 5.41) is 32.8. The zero-order valence-corrected chi connectivity index (χ0v) is 30.2. The van der Waals surface area contributed by atoms with E-state index in [2.05, 4.69) is 48.7 Å². The summed E-state index contributed by atoms with van der Waals surface area (Å²) >= 11 is 0. The average Bonchev–Trinajstić information content (AvgIpc) is 3.06. The van der Waals surface area contributed by atoms with E-state index in [-0.39, 0.29) is 6.61 Å². The highest BCUT2D eigenvalue weighted by atomic mass is 16.3. The highest BCUT2D eigenvalue weighted by molar-refractivity contribution is 5.80. The van der Waals surface area contributed by atoms with Crippen molar-refractivity contribution in [2.45, 2.75) is 199 Å². The third-order valence-electron chi connectivity index (χ3n) is 8.71. The Morgan fingerprint density at radius 3 is 1.46 bits per heavy atom. The molecule has 0 heterocycles. The first-order chi connectivity index (χ1) is 22.6. The third-order valence-corrected chi connectivity index (χ3v) is 8.71. The van der Waals surface area contributed by atoms with Crippen LogP contribution in [0.25, 0.3) is 0 Å². The van der Waals surface area contributed by atoms with Crippen molar-refractivity contribution in [1.29, 1.82) is 0 Å². The number of amides is 1. The van der Waals surface area contributed by atoms with Crippen LogP contribution in [0.2, 0.25) is 0 Å². The van der Waals surface area contributed by atoms with Gasteiger partial charge in [-0.1, -0.05) is 165 Å². The Kier molecular flexibility index (Phi) is 34.8. The summed E-state index contributed by atoms with van der Waals surface area (Å²) in [6.45, 7) is 3.92. The van der Waals surface area contributed by atoms with E-state index < -0.39 is 24.2 Å². The number of nitrogens with one attached hydrogen (secondary N) is 1. The van der Waals surface area contributed by atoms with Crippen LogP contribution in [0.5, 0.6) is 0 Å². The molecular formula is C41H75NO4. The Balaban J connectivity index is 3.66. The van der Waals surface area contributed by atoms with E-state index in [4.69, 9.17) is 0 Å². The maximum atomic E-state index is 12.4. The molecule has 0 aromatic rings. The molecule has 3 atom stereocenters. The standard InChI is InChI=1S/C41H75NO4/c1-3-5-7-9-11-13-14-15-16-17-18-19-20-21-22-23-24-25-26-28-30-32-34-36-40(45)41(46)42-38(37-43)39(44)35-33-31-29-27-12-10-8-6-4-2/h4,6,12,21-22,27,33,35,38-40,43-45H,3,5,7-11,13-20,23-26,28-32,34,36-37H2,1-2H3,(H,42,46)/b6-4+,22-21-,27-12+,35-33+. The molecule has 0 aliphatic heterocycles. The molecule has 5 nitrogen and oxygen atoms in total. The van der Waals surface area contributed by atoms with Crippen molar-refractivity contribution < 1.29 is 20.1 Å². The van der Waals surface area contributed by atoms with Crippen molar-refractivity contribution >= 4 is 5.91 Å². The molecule has 0 rings (SSSR count). The van der Waals surface area contributed by atoms with Crippen molar-refractivity contribution in [2.75, 3.05) is 6.61 Å². The lowest BCUT2D eigenvalue weighted by Crippen LogP contribution is -2.48. The Morgan fingerprint density at radius 2 is 0.978 bits per heavy atom. The summed E-state index contributed by atoms with van der Waals surface area (Å²) in [5.74, 6) is -0.526. The second kappa shape index (κ2) is 36.2. The molecule has 0 bridgehead atoms. The van der Waals surface area contributed by atoms with Gasteiger partial charge in [-0.25, -0.2) is 0 Å². The van der Waals surface area contributed by atoms with Gasteiger partial charge in [-0.2, -0.15) is 0 Å². The van der Waals surface area contributed by atoms with Crippen LogP contribution < -0.4 is 5.32 Å². The van der Waals surface area contributed by atoms with Gasteiger partial charge in [0.25, 0.3) is 0 Å². The van der Waals surface area contributed by atoms with Crippen molar-refractivity contribution in [2.24, 2.45) is 0 Å². The molecular weight excluding hydrogens is 570 g/mol. The predicted molar refractivity (Wildman–Crippen MR) is 199 cm³/mol. The number of aliphatic hydroxyl groups excluding tert-OH is 3. The molecule has 0 saturated heterocycles. The molecule has 0 radical (unpaired) electrons. The molecule has 3 unspecified atom stereocenters. The van der Waals surface area contributed by atoms with Crippen LogP contribution in [0.1, 0.15) is 181 Å². The van der Waals surface area contributed by atoms with Gasteiger partial charge in [-0.15, -0.1) is 0 Å². The lowest BCUT2D eigenvalue weighted by Gasteiger charge is -2.21. The molecule has 0 fully saturated rings. The van der Waals surface area contributed by atoms with E-state index in [1.54, 1.807) is 6.08 Å². The van der Waals surface area contributed by atoms with Crippen LogP contribution in [-0.4, -0.2) is 46.1 Å². The second-order valence-electron chi connectivity index (χ2n) is 13.1. The predicted octanol–water partition coefficient (Wildman–Crippen LogP) is 10.6. The monoisotopic (exact) mass is 646 g/mol. The van der Waals surface area contributed by atoms with Crippen LogP contribution in [-0.2, 0) is 4.79 Å². The molecule has 0 saturated carbocycles. The molecule has 0 spiro atoms. The molecule has 0 aromatic heterocycles. The van der Waals surface area contributed by atoms with E-state index in [0.717, 1.165) is 44.9 Å². The van der Waals surface area contributed by atoms with Crippen molar-refractivity contribution in [3.05, 3.63) is 48.6 Å². The fourth-order valence-corrected chi connectivity index (χ4v) is 5.63. The number of allylic oxidation sites excluding steroid dienone is 7. The average molecular weight is 646 g/mol. The number of hydrogen-bond acceptors (Lipinski definition) is 4. The van der Waals surface area contributed by atoms with E-state index in [1.807, 2.05) is 13.0 Å². The summed E-state index contributed by atoms with van der Waals surface area (Å²) in [4.78, 5) is 12.4. The largest absolute Gasteiger partial charge is 0.394 e. The molecule has 0 aliphatic rings. The molecule has 1 amide bonds. The number of rotatable bonds is 34. The van der Waals surface area contributed by atoms with Gasteiger partial charge in [0.05, 0.1) is 18.8 Å². The fourth-order valence-electron chi connectivity index (χ4n) is 5.63. The van der Waals surface area contributed by atoms with Gasteiger partial charge in [0.15, 0.2) is 0 Å². The highest BCUT2D eigenvalue weighted by Gasteiger charge is 2.22. The zero-order valence-electron chi connectivity index (χ0n) is 30.2. The van der Waals surface area contributed by atoms with Crippen LogP contribution >= 0.6 is 0 Å². The minimum Gasteiger partial charge on any atom is -0.394 e. The number of hydrogen-bond donors (Lipinski definition) is 4. The molecule has 268 valence electrons. The number of carbonyl (C=O) groups is 1. The maximum Gasteiger partial charge on any atom is 0.249 e. The van der Waals surface area contributed by atoms with E-state index in [1.165, 1.54) is 116 Å². The van der Waals surface area contributed by atoms with Gasteiger partial charge >= 0.3 is 0 Å². The second-order valence-corrected chi connectivity index (χ2v) is 13.1. The normalized spacial score (nSPS) is 14.3. The Labute approximate surface area is 285 Å². The van der Waals surface area contributed by atoms with Gasteiger partial charge in [0.2, 0.25) is 5.91 Å². The SMILES string of the molecule is C/C=C/CC/C=C/CC/C=C/C(O)C(CO)NC(=O)C(O)CCCCCCCCC/C=C\CCCCCCCCCCCCCC. The topological polar surface area (TPSA) is 89.8 Å². The van der Waals surface area contributed by atoms with Crippen LogP contribution in [0, 0.1) is 0 Å². The first-order valence-corrected chi connectivity index (χ1v) is 19.4. The van der Waals surface area contributed by atoms with Gasteiger partial charge in [0.1, 0.15) is 6.10 Å². The van der Waals surface area contributed by atoms with Gasteiger partial charge < -0.3 is 20.6 Å². The van der Waals surface area contributed by atoms with Crippen LogP contribution in [0.4, 0.5) is 0 Å². The lowest BCUT2D eigenvalue weighted by molar-refractivity contribution is -0.131. The molecule has 46 heavy (non-hydrogen) atoms.